The van der Waals surface area contributed by atoms with Crippen LogP contribution in [0.2, 0.25) is 0 Å². The normalized spacial score (nSPS) is 16.4. The SMILES string of the molecule is NC(=NCCC1CC1)Nc1ccccc1. The van der Waals surface area contributed by atoms with Gasteiger partial charge in [0.2, 0.25) is 0 Å². The van der Waals surface area contributed by atoms with Crippen molar-refractivity contribution in [2.75, 3.05) is 11.9 Å². The van der Waals surface area contributed by atoms with Crippen LogP contribution in [0.1, 0.15) is 19.3 Å². The van der Waals surface area contributed by atoms with E-state index < -0.39 is 0 Å². The lowest BCUT2D eigenvalue weighted by Crippen LogP contribution is -2.22. The maximum Gasteiger partial charge on any atom is 0.193 e. The van der Waals surface area contributed by atoms with Gasteiger partial charge in [-0.1, -0.05) is 31.0 Å². The van der Waals surface area contributed by atoms with Gasteiger partial charge in [-0.3, -0.25) is 4.99 Å². The zero-order valence-corrected chi connectivity index (χ0v) is 8.82. The van der Waals surface area contributed by atoms with Gasteiger partial charge in [-0.2, -0.15) is 0 Å². The molecule has 0 amide bonds. The van der Waals surface area contributed by atoms with Crippen molar-refractivity contribution in [2.24, 2.45) is 16.6 Å². The fraction of sp³-hybridized carbons (Fsp3) is 0.417. The van der Waals surface area contributed by atoms with Crippen molar-refractivity contribution in [3.63, 3.8) is 0 Å². The van der Waals surface area contributed by atoms with Crippen LogP contribution < -0.4 is 11.1 Å². The molecule has 1 aliphatic carbocycles. The van der Waals surface area contributed by atoms with Crippen molar-refractivity contribution >= 4 is 11.6 Å². The first kappa shape index (κ1) is 10.0. The molecule has 1 saturated carbocycles. The molecule has 1 fully saturated rings. The Morgan fingerprint density at radius 1 is 1.33 bits per heavy atom. The summed E-state index contributed by atoms with van der Waals surface area (Å²) in [4.78, 5) is 4.28. The second kappa shape index (κ2) is 4.82. The molecule has 0 unspecified atom stereocenters. The molecular formula is C12H17N3. The average Bonchev–Trinajstić information content (AvgIpc) is 3.03. The summed E-state index contributed by atoms with van der Waals surface area (Å²) >= 11 is 0. The predicted octanol–water partition coefficient (Wildman–Crippen LogP) is 2.21. The quantitative estimate of drug-likeness (QED) is 0.582. The Kier molecular flexibility index (Phi) is 3.22. The van der Waals surface area contributed by atoms with E-state index in [-0.39, 0.29) is 0 Å². The molecule has 3 heteroatoms. The lowest BCUT2D eigenvalue weighted by atomic mass is 10.3. The van der Waals surface area contributed by atoms with E-state index in [4.69, 9.17) is 5.73 Å². The third-order valence-electron chi connectivity index (χ3n) is 2.56. The van der Waals surface area contributed by atoms with Crippen LogP contribution in [0.4, 0.5) is 5.69 Å². The Morgan fingerprint density at radius 2 is 2.07 bits per heavy atom. The average molecular weight is 203 g/mol. The maximum absolute atomic E-state index is 5.75. The molecule has 1 aliphatic rings. The summed E-state index contributed by atoms with van der Waals surface area (Å²) < 4.78 is 0. The molecule has 0 heterocycles. The number of hydrogen-bond donors (Lipinski definition) is 2. The zero-order valence-electron chi connectivity index (χ0n) is 8.82. The number of hydrogen-bond acceptors (Lipinski definition) is 1. The minimum atomic E-state index is 0.516. The third-order valence-corrected chi connectivity index (χ3v) is 2.56. The van der Waals surface area contributed by atoms with Gasteiger partial charge < -0.3 is 11.1 Å². The van der Waals surface area contributed by atoms with E-state index in [1.807, 2.05) is 30.3 Å². The third kappa shape index (κ3) is 3.62. The summed E-state index contributed by atoms with van der Waals surface area (Å²) in [6.07, 6.45) is 3.93. The Hall–Kier alpha value is -1.51. The molecule has 0 bridgehead atoms. The van der Waals surface area contributed by atoms with E-state index in [1.54, 1.807) is 0 Å². The number of guanidine groups is 1. The van der Waals surface area contributed by atoms with Gasteiger partial charge in [0.1, 0.15) is 0 Å². The number of anilines is 1. The molecule has 1 aromatic carbocycles. The van der Waals surface area contributed by atoms with Crippen molar-refractivity contribution < 1.29 is 0 Å². The summed E-state index contributed by atoms with van der Waals surface area (Å²) in [7, 11) is 0. The van der Waals surface area contributed by atoms with Gasteiger partial charge in [0, 0.05) is 12.2 Å². The molecule has 0 aliphatic heterocycles. The smallest absolute Gasteiger partial charge is 0.193 e. The molecule has 0 atom stereocenters. The van der Waals surface area contributed by atoms with Crippen LogP contribution in [0.15, 0.2) is 35.3 Å². The largest absolute Gasteiger partial charge is 0.370 e. The molecule has 0 saturated heterocycles. The Bertz CT molecular complexity index is 328. The molecule has 3 nitrogen and oxygen atoms in total. The van der Waals surface area contributed by atoms with Crippen LogP contribution in [0, 0.1) is 5.92 Å². The van der Waals surface area contributed by atoms with Gasteiger partial charge in [0.05, 0.1) is 0 Å². The monoisotopic (exact) mass is 203 g/mol. The second-order valence-corrected chi connectivity index (χ2v) is 3.99. The highest BCUT2D eigenvalue weighted by Crippen LogP contribution is 2.32. The van der Waals surface area contributed by atoms with Gasteiger partial charge in [-0.05, 0) is 24.5 Å². The summed E-state index contributed by atoms with van der Waals surface area (Å²) in [5.41, 5.74) is 6.74. The molecule has 1 aromatic rings. The number of para-hydroxylation sites is 1. The second-order valence-electron chi connectivity index (χ2n) is 3.99. The van der Waals surface area contributed by atoms with Crippen LogP contribution >= 0.6 is 0 Å². The first-order valence-electron chi connectivity index (χ1n) is 5.46. The first-order chi connectivity index (χ1) is 7.34. The minimum absolute atomic E-state index is 0.516. The topological polar surface area (TPSA) is 50.4 Å². The highest BCUT2D eigenvalue weighted by molar-refractivity contribution is 5.92. The van der Waals surface area contributed by atoms with Crippen molar-refractivity contribution in [3.8, 4) is 0 Å². The van der Waals surface area contributed by atoms with Crippen molar-refractivity contribution in [3.05, 3.63) is 30.3 Å². The number of nitrogens with two attached hydrogens (primary N) is 1. The van der Waals surface area contributed by atoms with E-state index in [2.05, 4.69) is 10.3 Å². The van der Waals surface area contributed by atoms with Crippen LogP contribution in [-0.2, 0) is 0 Å². The molecule has 3 N–H and O–H groups in total. The van der Waals surface area contributed by atoms with Gasteiger partial charge in [-0.15, -0.1) is 0 Å². The van der Waals surface area contributed by atoms with E-state index in [9.17, 15) is 0 Å². The standard InChI is InChI=1S/C12H17N3/c13-12(14-9-8-10-6-7-10)15-11-4-2-1-3-5-11/h1-5,10H,6-9H2,(H3,13,14,15). The van der Waals surface area contributed by atoms with Gasteiger partial charge in [-0.25, -0.2) is 0 Å². The summed E-state index contributed by atoms with van der Waals surface area (Å²) in [5.74, 6) is 1.43. The molecule has 0 radical (unpaired) electrons. The lowest BCUT2D eigenvalue weighted by Gasteiger charge is -2.04. The molecular weight excluding hydrogens is 186 g/mol. The van der Waals surface area contributed by atoms with Crippen molar-refractivity contribution in [1.82, 2.24) is 0 Å². The van der Waals surface area contributed by atoms with Crippen LogP contribution in [-0.4, -0.2) is 12.5 Å². The maximum atomic E-state index is 5.75. The molecule has 0 spiro atoms. The first-order valence-corrected chi connectivity index (χ1v) is 5.46. The van der Waals surface area contributed by atoms with Gasteiger partial charge in [0.25, 0.3) is 0 Å². The van der Waals surface area contributed by atoms with E-state index in [0.717, 1.165) is 18.2 Å². The molecule has 0 aromatic heterocycles. The molecule has 2 rings (SSSR count). The van der Waals surface area contributed by atoms with Crippen LogP contribution in [0.3, 0.4) is 0 Å². The fourth-order valence-corrected chi connectivity index (χ4v) is 1.48. The highest BCUT2D eigenvalue weighted by atomic mass is 15.1. The van der Waals surface area contributed by atoms with E-state index in [0.29, 0.717) is 5.96 Å². The highest BCUT2D eigenvalue weighted by Gasteiger charge is 2.19. The number of rotatable bonds is 4. The Labute approximate surface area is 90.4 Å². The van der Waals surface area contributed by atoms with Crippen molar-refractivity contribution in [1.29, 1.82) is 0 Å². The number of aliphatic imine (C=N–C) groups is 1. The van der Waals surface area contributed by atoms with E-state index >= 15 is 0 Å². The van der Waals surface area contributed by atoms with Crippen molar-refractivity contribution in [2.45, 2.75) is 19.3 Å². The van der Waals surface area contributed by atoms with Crippen LogP contribution in [0.5, 0.6) is 0 Å². The minimum Gasteiger partial charge on any atom is -0.370 e. The van der Waals surface area contributed by atoms with E-state index in [1.165, 1.54) is 19.3 Å². The number of nitrogens with one attached hydrogen (secondary N) is 1. The summed E-state index contributed by atoms with van der Waals surface area (Å²) in [6.45, 7) is 0.844. The molecule has 80 valence electrons. The lowest BCUT2D eigenvalue weighted by molar-refractivity contribution is 0.739. The van der Waals surface area contributed by atoms with Crippen LogP contribution in [0.25, 0.3) is 0 Å². The summed E-state index contributed by atoms with van der Waals surface area (Å²) in [6, 6.07) is 9.87. The van der Waals surface area contributed by atoms with Gasteiger partial charge >= 0.3 is 0 Å². The molecule has 15 heavy (non-hydrogen) atoms. The summed E-state index contributed by atoms with van der Waals surface area (Å²) in [5, 5.41) is 3.06. The zero-order chi connectivity index (χ0) is 10.5. The number of nitrogens with zero attached hydrogens (tertiary/aromatic N) is 1. The number of benzene rings is 1. The Balaban J connectivity index is 1.77. The predicted molar refractivity (Wildman–Crippen MR) is 63.9 cm³/mol. The van der Waals surface area contributed by atoms with Gasteiger partial charge in [0.15, 0.2) is 5.96 Å². The fourth-order valence-electron chi connectivity index (χ4n) is 1.48. The Morgan fingerprint density at radius 3 is 2.73 bits per heavy atom.